The fraction of sp³-hybridized carbons (Fsp3) is 0.556. The minimum absolute atomic E-state index is 0.0113. The lowest BCUT2D eigenvalue weighted by Crippen LogP contribution is -2.56. The summed E-state index contributed by atoms with van der Waals surface area (Å²) >= 11 is 6.07. The Morgan fingerprint density at radius 3 is 2.81 bits per heavy atom. The van der Waals surface area contributed by atoms with Crippen LogP contribution in [0, 0.1) is 5.92 Å². The number of hydrogen-bond donors (Lipinski definition) is 4. The SMILES string of the molecule is CCN(CC(=O)O)C1CC(NC(=O)C2CNNC2c2cccc(Cl)c2)C1. The summed E-state index contributed by atoms with van der Waals surface area (Å²) in [5, 5.41) is 12.7. The van der Waals surface area contributed by atoms with Gasteiger partial charge in [0.2, 0.25) is 5.91 Å². The lowest BCUT2D eigenvalue weighted by atomic mass is 9.84. The molecule has 3 rings (SSSR count). The molecule has 1 amide bonds. The van der Waals surface area contributed by atoms with Crippen molar-refractivity contribution < 1.29 is 14.7 Å². The number of nitrogens with zero attached hydrogens (tertiary/aromatic N) is 1. The average molecular weight is 381 g/mol. The molecular formula is C18H25ClN4O3. The third kappa shape index (κ3) is 4.35. The van der Waals surface area contributed by atoms with Gasteiger partial charge in [0.15, 0.2) is 0 Å². The molecule has 1 aromatic carbocycles. The third-order valence-corrected chi connectivity index (χ3v) is 5.48. The summed E-state index contributed by atoms with van der Waals surface area (Å²) in [7, 11) is 0. The molecule has 2 aliphatic rings. The van der Waals surface area contributed by atoms with Gasteiger partial charge in [-0.05, 0) is 37.1 Å². The highest BCUT2D eigenvalue weighted by Crippen LogP contribution is 2.29. The van der Waals surface area contributed by atoms with E-state index in [2.05, 4.69) is 16.2 Å². The van der Waals surface area contributed by atoms with Crippen molar-refractivity contribution in [1.82, 2.24) is 21.1 Å². The molecule has 26 heavy (non-hydrogen) atoms. The maximum Gasteiger partial charge on any atom is 0.317 e. The second-order valence-corrected chi connectivity index (χ2v) is 7.39. The Kier molecular flexibility index (Phi) is 6.13. The van der Waals surface area contributed by atoms with Gasteiger partial charge in [0.1, 0.15) is 0 Å². The van der Waals surface area contributed by atoms with Crippen molar-refractivity contribution in [2.24, 2.45) is 5.92 Å². The van der Waals surface area contributed by atoms with Crippen molar-refractivity contribution in [3.63, 3.8) is 0 Å². The molecule has 2 fully saturated rings. The Hall–Kier alpha value is -1.67. The van der Waals surface area contributed by atoms with Gasteiger partial charge in [-0.2, -0.15) is 0 Å². The summed E-state index contributed by atoms with van der Waals surface area (Å²) < 4.78 is 0. The predicted molar refractivity (Wildman–Crippen MR) is 98.7 cm³/mol. The van der Waals surface area contributed by atoms with Crippen molar-refractivity contribution in [2.45, 2.75) is 37.9 Å². The molecule has 0 aromatic heterocycles. The van der Waals surface area contributed by atoms with Gasteiger partial charge in [0, 0.05) is 23.7 Å². The monoisotopic (exact) mass is 380 g/mol. The summed E-state index contributed by atoms with van der Waals surface area (Å²) in [6.45, 7) is 3.26. The van der Waals surface area contributed by atoms with Crippen LogP contribution in [-0.4, -0.2) is 53.6 Å². The second-order valence-electron chi connectivity index (χ2n) is 6.95. The summed E-state index contributed by atoms with van der Waals surface area (Å²) in [6.07, 6.45) is 1.59. The van der Waals surface area contributed by atoms with Crippen LogP contribution in [0.3, 0.4) is 0 Å². The van der Waals surface area contributed by atoms with Crippen molar-refractivity contribution >= 4 is 23.5 Å². The smallest absolute Gasteiger partial charge is 0.317 e. The van der Waals surface area contributed by atoms with E-state index < -0.39 is 5.97 Å². The number of rotatable bonds is 7. The number of hydrazine groups is 1. The van der Waals surface area contributed by atoms with Crippen LogP contribution in [0.4, 0.5) is 0 Å². The van der Waals surface area contributed by atoms with E-state index >= 15 is 0 Å². The second kappa shape index (κ2) is 8.35. The molecule has 2 atom stereocenters. The number of benzene rings is 1. The predicted octanol–water partition coefficient (Wildman–Crippen LogP) is 1.16. The summed E-state index contributed by atoms with van der Waals surface area (Å²) in [5.41, 5.74) is 7.20. The van der Waals surface area contributed by atoms with E-state index in [-0.39, 0.29) is 36.5 Å². The van der Waals surface area contributed by atoms with E-state index in [1.54, 1.807) is 0 Å². The molecule has 1 saturated heterocycles. The van der Waals surface area contributed by atoms with Crippen LogP contribution < -0.4 is 16.2 Å². The van der Waals surface area contributed by atoms with Crippen molar-refractivity contribution in [1.29, 1.82) is 0 Å². The van der Waals surface area contributed by atoms with Gasteiger partial charge < -0.3 is 10.4 Å². The molecular weight excluding hydrogens is 356 g/mol. The number of amides is 1. The molecule has 0 radical (unpaired) electrons. The van der Waals surface area contributed by atoms with E-state index in [0.717, 1.165) is 18.4 Å². The highest BCUT2D eigenvalue weighted by Gasteiger charge is 2.39. The van der Waals surface area contributed by atoms with Crippen LogP contribution in [0.25, 0.3) is 0 Å². The molecule has 1 saturated carbocycles. The number of carboxylic acid groups (broad SMARTS) is 1. The first-order valence-corrected chi connectivity index (χ1v) is 9.35. The number of likely N-dealkylation sites (N-methyl/N-ethyl adjacent to an activating group) is 1. The van der Waals surface area contributed by atoms with Crippen molar-refractivity contribution in [3.8, 4) is 0 Å². The minimum Gasteiger partial charge on any atom is -0.480 e. The van der Waals surface area contributed by atoms with Gasteiger partial charge in [-0.15, -0.1) is 0 Å². The number of halogens is 1. The molecule has 0 bridgehead atoms. The largest absolute Gasteiger partial charge is 0.480 e. The van der Waals surface area contributed by atoms with Gasteiger partial charge in [-0.1, -0.05) is 30.7 Å². The van der Waals surface area contributed by atoms with Gasteiger partial charge in [-0.3, -0.25) is 19.9 Å². The van der Waals surface area contributed by atoms with E-state index in [4.69, 9.17) is 16.7 Å². The van der Waals surface area contributed by atoms with E-state index in [0.29, 0.717) is 18.1 Å². The minimum atomic E-state index is -0.813. The van der Waals surface area contributed by atoms with Gasteiger partial charge in [0.05, 0.1) is 18.5 Å². The molecule has 0 spiro atoms. The summed E-state index contributed by atoms with van der Waals surface area (Å²) in [4.78, 5) is 25.6. The lowest BCUT2D eigenvalue weighted by Gasteiger charge is -2.42. The van der Waals surface area contributed by atoms with Crippen LogP contribution in [-0.2, 0) is 9.59 Å². The van der Waals surface area contributed by atoms with Crippen molar-refractivity contribution in [3.05, 3.63) is 34.9 Å². The molecule has 1 aliphatic heterocycles. The first-order valence-electron chi connectivity index (χ1n) is 8.98. The average Bonchev–Trinajstić information content (AvgIpc) is 3.05. The zero-order chi connectivity index (χ0) is 18.7. The maximum absolute atomic E-state index is 12.7. The first kappa shape index (κ1) is 19.1. The number of carbonyl (C=O) groups is 2. The zero-order valence-corrected chi connectivity index (χ0v) is 15.5. The third-order valence-electron chi connectivity index (χ3n) is 5.25. The topological polar surface area (TPSA) is 93.7 Å². The number of aliphatic carboxylic acids is 1. The van der Waals surface area contributed by atoms with Crippen LogP contribution in [0.15, 0.2) is 24.3 Å². The molecule has 1 aliphatic carbocycles. The zero-order valence-electron chi connectivity index (χ0n) is 14.7. The molecule has 4 N–H and O–H groups in total. The maximum atomic E-state index is 12.7. The van der Waals surface area contributed by atoms with Crippen LogP contribution in [0.1, 0.15) is 31.4 Å². The molecule has 1 heterocycles. The number of carbonyl (C=O) groups excluding carboxylic acids is 1. The lowest BCUT2D eigenvalue weighted by molar-refractivity contribution is -0.140. The highest BCUT2D eigenvalue weighted by atomic mass is 35.5. The van der Waals surface area contributed by atoms with E-state index in [9.17, 15) is 9.59 Å². The number of carboxylic acids is 1. The molecule has 7 nitrogen and oxygen atoms in total. The first-order chi connectivity index (χ1) is 12.5. The Morgan fingerprint density at radius 2 is 2.15 bits per heavy atom. The quantitative estimate of drug-likeness (QED) is 0.567. The summed E-state index contributed by atoms with van der Waals surface area (Å²) in [5.74, 6) is -1.02. The van der Waals surface area contributed by atoms with E-state index in [1.165, 1.54) is 0 Å². The fourth-order valence-electron chi connectivity index (χ4n) is 3.74. The molecule has 2 unspecified atom stereocenters. The Morgan fingerprint density at radius 1 is 1.38 bits per heavy atom. The highest BCUT2D eigenvalue weighted by molar-refractivity contribution is 6.30. The van der Waals surface area contributed by atoms with Crippen molar-refractivity contribution in [2.75, 3.05) is 19.6 Å². The Balaban J connectivity index is 1.53. The molecule has 142 valence electrons. The normalized spacial score (nSPS) is 28.0. The van der Waals surface area contributed by atoms with Gasteiger partial charge in [0.25, 0.3) is 0 Å². The fourth-order valence-corrected chi connectivity index (χ4v) is 3.94. The van der Waals surface area contributed by atoms with Crippen LogP contribution >= 0.6 is 11.6 Å². The van der Waals surface area contributed by atoms with Gasteiger partial charge >= 0.3 is 5.97 Å². The van der Waals surface area contributed by atoms with E-state index in [1.807, 2.05) is 36.1 Å². The molecule has 8 heteroatoms. The van der Waals surface area contributed by atoms with Crippen LogP contribution in [0.2, 0.25) is 5.02 Å². The number of hydrogen-bond acceptors (Lipinski definition) is 5. The van der Waals surface area contributed by atoms with Gasteiger partial charge in [-0.25, -0.2) is 5.43 Å². The summed E-state index contributed by atoms with van der Waals surface area (Å²) in [6, 6.07) is 7.74. The Labute approximate surface area is 158 Å². The van der Waals surface area contributed by atoms with Crippen LogP contribution in [0.5, 0.6) is 0 Å². The number of nitrogens with one attached hydrogen (secondary N) is 3. The molecule has 1 aromatic rings. The standard InChI is InChI=1S/C18H25ClN4O3/c1-2-23(10-16(24)25)14-7-13(8-14)21-18(26)15-9-20-22-17(15)11-4-3-5-12(19)6-11/h3-6,13-15,17,20,22H,2,7-10H2,1H3,(H,21,26)(H,24,25). The Bertz CT molecular complexity index is 666.